The van der Waals surface area contributed by atoms with Gasteiger partial charge in [0.15, 0.2) is 5.82 Å². The minimum absolute atomic E-state index is 0.00579. The fourth-order valence-electron chi connectivity index (χ4n) is 10.8. The van der Waals surface area contributed by atoms with Gasteiger partial charge in [-0.25, -0.2) is 8.78 Å². The number of aromatic hydroxyl groups is 1. The summed E-state index contributed by atoms with van der Waals surface area (Å²) >= 11 is 0. The van der Waals surface area contributed by atoms with Crippen LogP contribution in [0.15, 0.2) is 30.5 Å². The molecule has 56 heavy (non-hydrogen) atoms. The van der Waals surface area contributed by atoms with Crippen molar-refractivity contribution in [3.8, 4) is 23.0 Å². The monoisotopic (exact) mass is 773 g/mol. The number of anilines is 1. The number of phenolic OH excluding ortho intramolecular Hbond substituents is 1. The second kappa shape index (κ2) is 14.6. The standard InChI is InChI=1S/C43H53F2N5O6/c1-3-30-33(44)8-7-26-18-28(52)19-31(35(26)30)37-36(45)38-32(20-46-37)39(49-21-29(22-51)54-24-41(2,53)23-49)48-40(47-38)55-25-42-11-4-6-34(42)50(16-5-12-42)27-9-13-43(14-10-27)15-17-56-43/h7-8,18-20,27,29,34,51-53H,3-6,9-17,21-25H2,1-2H3/t27?,29-,34-,41+,42-,43?/m1/s1. The van der Waals surface area contributed by atoms with Gasteiger partial charge in [0.25, 0.3) is 0 Å². The number of pyridine rings is 1. The Balaban J connectivity index is 1.11. The smallest absolute Gasteiger partial charge is 0.319 e. The van der Waals surface area contributed by atoms with Crippen molar-refractivity contribution in [1.29, 1.82) is 0 Å². The van der Waals surface area contributed by atoms with E-state index in [9.17, 15) is 15.3 Å². The zero-order valence-corrected chi connectivity index (χ0v) is 32.4. The Hall–Kier alpha value is -3.75. The van der Waals surface area contributed by atoms with Gasteiger partial charge in [-0.3, -0.25) is 9.88 Å². The van der Waals surface area contributed by atoms with Gasteiger partial charge in [-0.15, -0.1) is 0 Å². The zero-order chi connectivity index (χ0) is 38.8. The zero-order valence-electron chi connectivity index (χ0n) is 32.4. The maximum Gasteiger partial charge on any atom is 0.319 e. The number of halogens is 2. The highest BCUT2D eigenvalue weighted by molar-refractivity contribution is 6.01. The quantitative estimate of drug-likeness (QED) is 0.182. The maximum absolute atomic E-state index is 17.3. The molecule has 0 unspecified atom stereocenters. The molecule has 3 saturated heterocycles. The molecular weight excluding hydrogens is 720 g/mol. The van der Waals surface area contributed by atoms with Crippen molar-refractivity contribution >= 4 is 27.5 Å². The summed E-state index contributed by atoms with van der Waals surface area (Å²) in [5.74, 6) is -0.994. The summed E-state index contributed by atoms with van der Waals surface area (Å²) in [5.41, 5.74) is -0.782. The molecule has 1 spiro atoms. The highest BCUT2D eigenvalue weighted by Gasteiger charge is 2.52. The van der Waals surface area contributed by atoms with Crippen LogP contribution in [0.5, 0.6) is 11.8 Å². The van der Waals surface area contributed by atoms with Gasteiger partial charge in [0.05, 0.1) is 50.1 Å². The lowest BCUT2D eigenvalue weighted by molar-refractivity contribution is -0.175. The first-order chi connectivity index (χ1) is 27.0. The van der Waals surface area contributed by atoms with Gasteiger partial charge in [-0.1, -0.05) is 19.4 Å². The molecule has 5 fully saturated rings. The fraction of sp³-hybridized carbons (Fsp3) is 0.605. The van der Waals surface area contributed by atoms with Crippen molar-refractivity contribution in [1.82, 2.24) is 19.9 Å². The van der Waals surface area contributed by atoms with E-state index >= 15 is 8.78 Å². The predicted molar refractivity (Wildman–Crippen MR) is 208 cm³/mol. The number of piperidine rings is 1. The molecule has 3 N–H and O–H groups in total. The molecule has 11 nitrogen and oxygen atoms in total. The van der Waals surface area contributed by atoms with E-state index in [-0.39, 0.29) is 71.2 Å². The number of fused-ring (bicyclic) bond motifs is 3. The van der Waals surface area contributed by atoms with Crippen molar-refractivity contribution in [3.63, 3.8) is 0 Å². The van der Waals surface area contributed by atoms with Gasteiger partial charge in [-0.05, 0) is 112 Å². The molecule has 0 amide bonds. The van der Waals surface area contributed by atoms with Crippen LogP contribution < -0.4 is 9.64 Å². The van der Waals surface area contributed by atoms with E-state index in [1.807, 2.05) is 6.92 Å². The van der Waals surface area contributed by atoms with Crippen LogP contribution in [0.25, 0.3) is 32.9 Å². The number of aromatic nitrogens is 3. The third-order valence-electron chi connectivity index (χ3n) is 13.6. The third-order valence-corrected chi connectivity index (χ3v) is 13.6. The van der Waals surface area contributed by atoms with Crippen LogP contribution in [-0.4, -0.2) is 111 Å². The lowest BCUT2D eigenvalue weighted by Gasteiger charge is -2.53. The van der Waals surface area contributed by atoms with Crippen LogP contribution >= 0.6 is 0 Å². The molecule has 2 aliphatic carbocycles. The Morgan fingerprint density at radius 3 is 2.59 bits per heavy atom. The molecule has 2 aromatic carbocycles. The summed E-state index contributed by atoms with van der Waals surface area (Å²) in [4.78, 5) is 18.8. The van der Waals surface area contributed by atoms with Crippen molar-refractivity contribution in [2.45, 2.75) is 114 Å². The molecule has 2 aromatic heterocycles. The van der Waals surface area contributed by atoms with Gasteiger partial charge < -0.3 is 34.4 Å². The van der Waals surface area contributed by atoms with Gasteiger partial charge in [0.2, 0.25) is 0 Å². The van der Waals surface area contributed by atoms with E-state index in [1.165, 1.54) is 30.8 Å². The number of hydrogen-bond acceptors (Lipinski definition) is 11. The summed E-state index contributed by atoms with van der Waals surface area (Å²) in [7, 11) is 0. The van der Waals surface area contributed by atoms with Crippen molar-refractivity contribution in [2.24, 2.45) is 5.41 Å². The summed E-state index contributed by atoms with van der Waals surface area (Å²) in [6.45, 7) is 5.80. The van der Waals surface area contributed by atoms with Crippen LogP contribution in [0.2, 0.25) is 0 Å². The minimum Gasteiger partial charge on any atom is -0.508 e. The minimum atomic E-state index is -1.31. The van der Waals surface area contributed by atoms with E-state index in [0.717, 1.165) is 70.9 Å². The van der Waals surface area contributed by atoms with Crippen LogP contribution in [0.3, 0.4) is 0 Å². The lowest BCUT2D eigenvalue weighted by Crippen LogP contribution is -2.58. The van der Waals surface area contributed by atoms with Crippen LogP contribution in [0.1, 0.15) is 83.6 Å². The van der Waals surface area contributed by atoms with E-state index in [2.05, 4.69) is 9.88 Å². The molecule has 0 radical (unpaired) electrons. The Labute approximate surface area is 326 Å². The van der Waals surface area contributed by atoms with Crippen molar-refractivity contribution in [3.05, 3.63) is 47.7 Å². The number of hydrogen-bond donors (Lipinski definition) is 3. The molecule has 300 valence electrons. The van der Waals surface area contributed by atoms with Gasteiger partial charge in [-0.2, -0.15) is 9.97 Å². The Kier molecular flexibility index (Phi) is 9.84. The lowest BCUT2D eigenvalue weighted by atomic mass is 9.72. The van der Waals surface area contributed by atoms with Crippen molar-refractivity contribution < 1.29 is 38.3 Å². The highest BCUT2D eigenvalue weighted by atomic mass is 19.1. The SMILES string of the molecule is CCc1c(F)ccc2cc(O)cc(-c3ncc4c(N5C[C@H](CO)OC[C@@](C)(O)C5)nc(OC[C@]56CCC[C@H]5N(C5CCC7(CCO7)CC5)CCC6)nc4c3F)c12. The van der Waals surface area contributed by atoms with Crippen LogP contribution in [0.4, 0.5) is 14.6 Å². The molecule has 4 atom stereocenters. The second-order valence-corrected chi connectivity index (χ2v) is 17.4. The number of ether oxygens (including phenoxy) is 3. The van der Waals surface area contributed by atoms with Crippen LogP contribution in [-0.2, 0) is 15.9 Å². The number of aliphatic hydroxyl groups is 2. The normalized spacial score (nSPS) is 31.1. The average Bonchev–Trinajstić information content (AvgIpc) is 3.55. The summed E-state index contributed by atoms with van der Waals surface area (Å²) in [6, 6.07) is 6.78. The third kappa shape index (κ3) is 6.66. The first-order valence-electron chi connectivity index (χ1n) is 20.5. The van der Waals surface area contributed by atoms with E-state index in [4.69, 9.17) is 24.2 Å². The molecule has 4 aromatic rings. The summed E-state index contributed by atoms with van der Waals surface area (Å²) in [6.07, 6.45) is 12.3. The number of likely N-dealkylation sites (tertiary alicyclic amines) is 1. The van der Waals surface area contributed by atoms with Crippen molar-refractivity contribution in [2.75, 3.05) is 51.0 Å². The van der Waals surface area contributed by atoms with Gasteiger partial charge >= 0.3 is 6.01 Å². The maximum atomic E-state index is 17.3. The first kappa shape index (κ1) is 37.8. The number of aryl methyl sites for hydroxylation is 1. The number of benzene rings is 2. The van der Waals surface area contributed by atoms with E-state index in [0.29, 0.717) is 47.3 Å². The number of rotatable bonds is 8. The fourth-order valence-corrected chi connectivity index (χ4v) is 10.8. The number of nitrogens with zero attached hydrogens (tertiary/aromatic N) is 5. The largest absolute Gasteiger partial charge is 0.508 e. The molecule has 13 heteroatoms. The summed E-state index contributed by atoms with van der Waals surface area (Å²) in [5, 5.41) is 33.5. The molecular formula is C43H53F2N5O6. The Morgan fingerprint density at radius 2 is 1.84 bits per heavy atom. The number of β-amino-alcohol motifs (C(OH)–C–C–N with tert-alkyl or cyclic N) is 1. The molecule has 9 rings (SSSR count). The molecule has 2 saturated carbocycles. The van der Waals surface area contributed by atoms with Gasteiger partial charge in [0.1, 0.15) is 34.2 Å². The molecule has 0 bridgehead atoms. The average molecular weight is 774 g/mol. The number of aliphatic hydroxyl groups excluding tert-OH is 1. The first-order valence-corrected chi connectivity index (χ1v) is 20.5. The molecule has 5 heterocycles. The summed E-state index contributed by atoms with van der Waals surface area (Å²) < 4.78 is 51.0. The number of phenols is 1. The second-order valence-electron chi connectivity index (χ2n) is 17.4. The van der Waals surface area contributed by atoms with Crippen LogP contribution in [0, 0.1) is 17.0 Å². The highest BCUT2D eigenvalue weighted by Crippen LogP contribution is 2.51. The molecule has 3 aliphatic heterocycles. The Bertz CT molecular complexity index is 2120. The molecule has 5 aliphatic rings. The predicted octanol–water partition coefficient (Wildman–Crippen LogP) is 6.45. The van der Waals surface area contributed by atoms with E-state index in [1.54, 1.807) is 17.9 Å². The van der Waals surface area contributed by atoms with Gasteiger partial charge in [0, 0.05) is 35.8 Å². The topological polar surface area (TPSA) is 134 Å². The van der Waals surface area contributed by atoms with E-state index < -0.39 is 23.3 Å². The Morgan fingerprint density at radius 1 is 1.04 bits per heavy atom.